The number of aliphatic hydroxyl groups excluding tert-OH is 1. The summed E-state index contributed by atoms with van der Waals surface area (Å²) in [6.07, 6.45) is 1.56. The molecule has 2 N–H and O–H groups in total. The lowest BCUT2D eigenvalue weighted by atomic mass is 9.90. The van der Waals surface area contributed by atoms with Crippen LogP contribution in [0.3, 0.4) is 0 Å². The van der Waals surface area contributed by atoms with E-state index >= 15 is 0 Å². The third kappa shape index (κ3) is 4.19. The van der Waals surface area contributed by atoms with Crippen LogP contribution in [0.15, 0.2) is 60.7 Å². The first-order valence-electron chi connectivity index (χ1n) is 7.23. The van der Waals surface area contributed by atoms with E-state index in [1.54, 1.807) is 0 Å². The van der Waals surface area contributed by atoms with Crippen LogP contribution in [0.1, 0.15) is 23.7 Å². The Balaban J connectivity index is 1.99. The van der Waals surface area contributed by atoms with Gasteiger partial charge in [-0.25, -0.2) is 0 Å². The van der Waals surface area contributed by atoms with Gasteiger partial charge in [-0.2, -0.15) is 0 Å². The molecular formula is C18H23NO. The summed E-state index contributed by atoms with van der Waals surface area (Å²) in [6.45, 7) is 0.822. The minimum atomic E-state index is -0.410. The summed E-state index contributed by atoms with van der Waals surface area (Å²) in [5.74, 6) is 0.225. The standard InChI is InChI=1S/C18H23NO/c1-19-14-17(13-12-15-8-4-2-5-9-15)18(20)16-10-6-3-7-11-16/h2-11,17-20H,12-14H2,1H3/t17?,18-/m1/s1. The molecule has 0 amide bonds. The first kappa shape index (κ1) is 14.8. The maximum atomic E-state index is 10.5. The molecule has 2 aromatic carbocycles. The quantitative estimate of drug-likeness (QED) is 0.809. The minimum absolute atomic E-state index is 0.225. The first-order valence-corrected chi connectivity index (χ1v) is 7.23. The summed E-state index contributed by atoms with van der Waals surface area (Å²) in [6, 6.07) is 20.4. The normalized spacial score (nSPS) is 13.9. The van der Waals surface area contributed by atoms with Crippen LogP contribution in [0.5, 0.6) is 0 Å². The van der Waals surface area contributed by atoms with Crippen molar-refractivity contribution < 1.29 is 5.11 Å². The second kappa shape index (κ2) is 7.83. The molecule has 0 radical (unpaired) electrons. The number of rotatable bonds is 7. The molecule has 2 rings (SSSR count). The second-order valence-corrected chi connectivity index (χ2v) is 5.20. The molecule has 0 saturated carbocycles. The Bertz CT molecular complexity index is 483. The molecule has 2 atom stereocenters. The van der Waals surface area contributed by atoms with Gasteiger partial charge in [0.25, 0.3) is 0 Å². The molecule has 106 valence electrons. The zero-order valence-electron chi connectivity index (χ0n) is 12.0. The molecule has 0 aliphatic rings. The minimum Gasteiger partial charge on any atom is -0.388 e. The molecule has 0 spiro atoms. The monoisotopic (exact) mass is 269 g/mol. The Labute approximate surface area is 121 Å². The lowest BCUT2D eigenvalue weighted by Crippen LogP contribution is -2.25. The predicted molar refractivity (Wildman–Crippen MR) is 83.6 cm³/mol. The number of hydrogen-bond acceptors (Lipinski definition) is 2. The molecule has 0 heterocycles. The highest BCUT2D eigenvalue weighted by Gasteiger charge is 2.19. The van der Waals surface area contributed by atoms with E-state index in [0.29, 0.717) is 0 Å². The van der Waals surface area contributed by atoms with Gasteiger partial charge in [0.2, 0.25) is 0 Å². The van der Waals surface area contributed by atoms with Crippen LogP contribution in [0.25, 0.3) is 0 Å². The van der Waals surface area contributed by atoms with Gasteiger partial charge in [0.05, 0.1) is 6.10 Å². The molecule has 0 fully saturated rings. The van der Waals surface area contributed by atoms with E-state index in [-0.39, 0.29) is 5.92 Å². The van der Waals surface area contributed by atoms with Crippen molar-refractivity contribution in [3.8, 4) is 0 Å². The smallest absolute Gasteiger partial charge is 0.0830 e. The van der Waals surface area contributed by atoms with Crippen molar-refractivity contribution in [1.29, 1.82) is 0 Å². The van der Waals surface area contributed by atoms with Crippen molar-refractivity contribution in [1.82, 2.24) is 5.32 Å². The predicted octanol–water partition coefficient (Wildman–Crippen LogP) is 3.19. The van der Waals surface area contributed by atoms with Crippen molar-refractivity contribution in [3.05, 3.63) is 71.8 Å². The van der Waals surface area contributed by atoms with E-state index in [0.717, 1.165) is 24.9 Å². The molecule has 0 aromatic heterocycles. The molecule has 2 nitrogen and oxygen atoms in total. The van der Waals surface area contributed by atoms with Crippen LogP contribution in [-0.2, 0) is 6.42 Å². The van der Waals surface area contributed by atoms with Gasteiger partial charge in [-0.3, -0.25) is 0 Å². The summed E-state index contributed by atoms with van der Waals surface area (Å²) in [5.41, 5.74) is 2.33. The van der Waals surface area contributed by atoms with Crippen molar-refractivity contribution in [2.24, 2.45) is 5.92 Å². The second-order valence-electron chi connectivity index (χ2n) is 5.20. The summed E-state index contributed by atoms with van der Waals surface area (Å²) in [7, 11) is 1.94. The van der Waals surface area contributed by atoms with Gasteiger partial charge in [-0.15, -0.1) is 0 Å². The van der Waals surface area contributed by atoms with Crippen LogP contribution >= 0.6 is 0 Å². The van der Waals surface area contributed by atoms with Gasteiger partial charge in [0, 0.05) is 12.5 Å². The summed E-state index contributed by atoms with van der Waals surface area (Å²) >= 11 is 0. The molecule has 2 aromatic rings. The van der Waals surface area contributed by atoms with Crippen molar-refractivity contribution in [2.45, 2.75) is 18.9 Å². The van der Waals surface area contributed by atoms with Gasteiger partial charge >= 0.3 is 0 Å². The van der Waals surface area contributed by atoms with Crippen LogP contribution in [0, 0.1) is 5.92 Å². The molecule has 1 unspecified atom stereocenters. The summed E-state index contributed by atoms with van der Waals surface area (Å²) in [4.78, 5) is 0. The summed E-state index contributed by atoms with van der Waals surface area (Å²) < 4.78 is 0. The van der Waals surface area contributed by atoms with Crippen LogP contribution in [0.2, 0.25) is 0 Å². The third-order valence-corrected chi connectivity index (χ3v) is 3.70. The van der Waals surface area contributed by atoms with Crippen LogP contribution in [-0.4, -0.2) is 18.7 Å². The topological polar surface area (TPSA) is 32.3 Å². The van der Waals surface area contributed by atoms with Gasteiger partial charge in [0.15, 0.2) is 0 Å². The zero-order chi connectivity index (χ0) is 14.2. The Hall–Kier alpha value is -1.64. The highest BCUT2D eigenvalue weighted by atomic mass is 16.3. The summed E-state index contributed by atoms with van der Waals surface area (Å²) in [5, 5.41) is 13.7. The molecule has 0 aliphatic heterocycles. The number of aliphatic hydroxyl groups is 1. The number of hydrogen-bond donors (Lipinski definition) is 2. The molecule has 20 heavy (non-hydrogen) atoms. The van der Waals surface area contributed by atoms with Crippen LogP contribution < -0.4 is 5.32 Å². The average molecular weight is 269 g/mol. The van der Waals surface area contributed by atoms with E-state index in [9.17, 15) is 5.11 Å². The number of aryl methyl sites for hydroxylation is 1. The lowest BCUT2D eigenvalue weighted by Gasteiger charge is -2.23. The Morgan fingerprint density at radius 2 is 1.55 bits per heavy atom. The van der Waals surface area contributed by atoms with E-state index < -0.39 is 6.10 Å². The molecule has 0 aliphatic carbocycles. The van der Waals surface area contributed by atoms with E-state index in [1.165, 1.54) is 5.56 Å². The third-order valence-electron chi connectivity index (χ3n) is 3.70. The molecular weight excluding hydrogens is 246 g/mol. The van der Waals surface area contributed by atoms with Crippen molar-refractivity contribution in [2.75, 3.05) is 13.6 Å². The molecule has 0 saturated heterocycles. The van der Waals surface area contributed by atoms with Gasteiger partial charge in [-0.1, -0.05) is 60.7 Å². The largest absolute Gasteiger partial charge is 0.388 e. The maximum Gasteiger partial charge on any atom is 0.0830 e. The van der Waals surface area contributed by atoms with E-state index in [4.69, 9.17) is 0 Å². The van der Waals surface area contributed by atoms with E-state index in [1.807, 2.05) is 43.4 Å². The Morgan fingerprint density at radius 1 is 0.950 bits per heavy atom. The highest BCUT2D eigenvalue weighted by Crippen LogP contribution is 2.25. The fraction of sp³-hybridized carbons (Fsp3) is 0.333. The average Bonchev–Trinajstić information content (AvgIpc) is 2.52. The Kier molecular flexibility index (Phi) is 5.78. The maximum absolute atomic E-state index is 10.5. The van der Waals surface area contributed by atoms with Gasteiger partial charge in [-0.05, 0) is 31.0 Å². The van der Waals surface area contributed by atoms with Gasteiger partial charge < -0.3 is 10.4 Å². The fourth-order valence-corrected chi connectivity index (χ4v) is 2.55. The fourth-order valence-electron chi connectivity index (χ4n) is 2.55. The molecule has 2 heteroatoms. The lowest BCUT2D eigenvalue weighted by molar-refractivity contribution is 0.103. The first-order chi connectivity index (χ1) is 9.81. The number of nitrogens with one attached hydrogen (secondary N) is 1. The van der Waals surface area contributed by atoms with Gasteiger partial charge in [0.1, 0.15) is 0 Å². The highest BCUT2D eigenvalue weighted by molar-refractivity contribution is 5.19. The van der Waals surface area contributed by atoms with Crippen molar-refractivity contribution >= 4 is 0 Å². The SMILES string of the molecule is CNCC(CCc1ccccc1)[C@H](O)c1ccccc1. The number of benzene rings is 2. The van der Waals surface area contributed by atoms with E-state index in [2.05, 4.69) is 29.6 Å². The van der Waals surface area contributed by atoms with Crippen LogP contribution in [0.4, 0.5) is 0 Å². The van der Waals surface area contributed by atoms with Crippen molar-refractivity contribution in [3.63, 3.8) is 0 Å². The zero-order valence-corrected chi connectivity index (χ0v) is 12.0. The Morgan fingerprint density at radius 3 is 2.15 bits per heavy atom. The molecule has 0 bridgehead atoms.